The first-order valence-electron chi connectivity index (χ1n) is 6.04. The minimum absolute atomic E-state index is 0.103. The Morgan fingerprint density at radius 3 is 2.24 bits per heavy atom. The zero-order chi connectivity index (χ0) is 12.8. The van der Waals surface area contributed by atoms with E-state index in [0.717, 1.165) is 0 Å². The van der Waals surface area contributed by atoms with Crippen LogP contribution in [0.2, 0.25) is 0 Å². The lowest BCUT2D eigenvalue weighted by atomic mass is 9.90. The van der Waals surface area contributed by atoms with Gasteiger partial charge in [0, 0.05) is 0 Å². The average Bonchev–Trinajstić information content (AvgIpc) is 2.55. The molecule has 17 heavy (non-hydrogen) atoms. The lowest BCUT2D eigenvalue weighted by Gasteiger charge is -2.45. The van der Waals surface area contributed by atoms with Gasteiger partial charge in [-0.3, -0.25) is 9.59 Å². The van der Waals surface area contributed by atoms with Crippen molar-refractivity contribution in [2.75, 3.05) is 13.1 Å². The smallest absolute Gasteiger partial charge is 0.307 e. The summed E-state index contributed by atoms with van der Waals surface area (Å²) in [5.74, 6) is -1.65. The number of rotatable bonds is 2. The Kier molecular flexibility index (Phi) is 2.89. The fourth-order valence-electron chi connectivity index (χ4n) is 3.00. The number of β-amino-alcohol motifs (C(OH)–C–C–N with tert-alkyl or cyclic N) is 1. The molecule has 1 amide bonds. The molecule has 1 saturated carbocycles. The quantitative estimate of drug-likeness (QED) is 0.730. The maximum Gasteiger partial charge on any atom is 0.307 e. The minimum Gasteiger partial charge on any atom is -0.481 e. The van der Waals surface area contributed by atoms with Crippen LogP contribution in [0.15, 0.2) is 0 Å². The molecule has 2 aliphatic rings. The van der Waals surface area contributed by atoms with E-state index < -0.39 is 23.4 Å². The SMILES string of the molecule is CC1CC(C(=O)O)C(C(=O)N2CC(C)(O)C2)C1. The van der Waals surface area contributed by atoms with Gasteiger partial charge in [0.2, 0.25) is 5.91 Å². The molecule has 0 aromatic carbocycles. The van der Waals surface area contributed by atoms with Crippen LogP contribution in [0.4, 0.5) is 0 Å². The van der Waals surface area contributed by atoms with Crippen LogP contribution >= 0.6 is 0 Å². The number of likely N-dealkylation sites (tertiary alicyclic amines) is 1. The summed E-state index contributed by atoms with van der Waals surface area (Å²) in [5, 5.41) is 18.7. The molecule has 3 atom stereocenters. The number of hydrogen-bond donors (Lipinski definition) is 2. The Morgan fingerprint density at radius 1 is 1.24 bits per heavy atom. The van der Waals surface area contributed by atoms with Gasteiger partial charge < -0.3 is 15.1 Å². The van der Waals surface area contributed by atoms with Crippen molar-refractivity contribution in [3.63, 3.8) is 0 Å². The molecule has 0 radical (unpaired) electrons. The number of carbonyl (C=O) groups excluding carboxylic acids is 1. The molecule has 1 saturated heterocycles. The van der Waals surface area contributed by atoms with E-state index in [1.54, 1.807) is 11.8 Å². The highest BCUT2D eigenvalue weighted by atomic mass is 16.4. The number of aliphatic hydroxyl groups is 1. The molecule has 0 aromatic heterocycles. The van der Waals surface area contributed by atoms with E-state index >= 15 is 0 Å². The lowest BCUT2D eigenvalue weighted by molar-refractivity contribution is -0.161. The van der Waals surface area contributed by atoms with Crippen molar-refractivity contribution in [3.8, 4) is 0 Å². The topological polar surface area (TPSA) is 77.8 Å². The molecule has 5 nitrogen and oxygen atoms in total. The standard InChI is InChI=1S/C12H19NO4/c1-7-3-8(9(4-7)11(15)16)10(14)13-5-12(2,17)6-13/h7-9,17H,3-6H2,1-2H3,(H,15,16). The van der Waals surface area contributed by atoms with Crippen molar-refractivity contribution < 1.29 is 19.8 Å². The zero-order valence-electron chi connectivity index (χ0n) is 10.2. The molecule has 0 spiro atoms. The van der Waals surface area contributed by atoms with Crippen molar-refractivity contribution in [3.05, 3.63) is 0 Å². The lowest BCUT2D eigenvalue weighted by Crippen LogP contribution is -2.63. The molecule has 1 aliphatic carbocycles. The van der Waals surface area contributed by atoms with Gasteiger partial charge in [-0.1, -0.05) is 6.92 Å². The molecule has 2 fully saturated rings. The molecule has 2 N–H and O–H groups in total. The zero-order valence-corrected chi connectivity index (χ0v) is 10.2. The highest BCUT2D eigenvalue weighted by Gasteiger charge is 2.47. The second kappa shape index (κ2) is 3.98. The number of amides is 1. The summed E-state index contributed by atoms with van der Waals surface area (Å²) < 4.78 is 0. The van der Waals surface area contributed by atoms with Crippen LogP contribution in [0, 0.1) is 17.8 Å². The molecule has 3 unspecified atom stereocenters. The van der Waals surface area contributed by atoms with Crippen LogP contribution < -0.4 is 0 Å². The molecule has 5 heteroatoms. The monoisotopic (exact) mass is 241 g/mol. The van der Waals surface area contributed by atoms with Crippen LogP contribution in [0.3, 0.4) is 0 Å². The second-order valence-corrected chi connectivity index (χ2v) is 5.82. The van der Waals surface area contributed by atoms with Gasteiger partial charge in [0.1, 0.15) is 0 Å². The van der Waals surface area contributed by atoms with Crippen molar-refractivity contribution in [1.82, 2.24) is 4.90 Å². The molecular formula is C12H19NO4. The Balaban J connectivity index is 2.02. The van der Waals surface area contributed by atoms with E-state index in [1.807, 2.05) is 6.92 Å². The summed E-state index contributed by atoms with van der Waals surface area (Å²) in [5.41, 5.74) is -0.793. The average molecular weight is 241 g/mol. The third-order valence-corrected chi connectivity index (χ3v) is 3.81. The number of aliphatic carboxylic acids is 1. The number of nitrogens with zero attached hydrogens (tertiary/aromatic N) is 1. The van der Waals surface area contributed by atoms with Crippen LogP contribution in [0.25, 0.3) is 0 Å². The van der Waals surface area contributed by atoms with Crippen LogP contribution in [0.1, 0.15) is 26.7 Å². The number of hydrogen-bond acceptors (Lipinski definition) is 3. The minimum atomic E-state index is -0.875. The van der Waals surface area contributed by atoms with E-state index in [4.69, 9.17) is 5.11 Å². The second-order valence-electron chi connectivity index (χ2n) is 5.82. The van der Waals surface area contributed by atoms with Gasteiger partial charge in [0.05, 0.1) is 30.5 Å². The van der Waals surface area contributed by atoms with Crippen molar-refractivity contribution in [2.45, 2.75) is 32.3 Å². The maximum atomic E-state index is 12.1. The van der Waals surface area contributed by atoms with Crippen molar-refractivity contribution >= 4 is 11.9 Å². The fourth-order valence-corrected chi connectivity index (χ4v) is 3.00. The molecule has 0 bridgehead atoms. The summed E-state index contributed by atoms with van der Waals surface area (Å²) in [6.07, 6.45) is 1.23. The normalized spacial score (nSPS) is 35.5. The summed E-state index contributed by atoms with van der Waals surface area (Å²) in [7, 11) is 0. The van der Waals surface area contributed by atoms with Gasteiger partial charge in [-0.05, 0) is 25.7 Å². The maximum absolute atomic E-state index is 12.1. The number of carbonyl (C=O) groups is 2. The van der Waals surface area contributed by atoms with Gasteiger partial charge in [0.25, 0.3) is 0 Å². The third kappa shape index (κ3) is 2.29. The number of carboxylic acid groups (broad SMARTS) is 1. The van der Waals surface area contributed by atoms with Crippen molar-refractivity contribution in [1.29, 1.82) is 0 Å². The predicted molar refractivity (Wildman–Crippen MR) is 60.2 cm³/mol. The van der Waals surface area contributed by atoms with Crippen molar-refractivity contribution in [2.24, 2.45) is 17.8 Å². The third-order valence-electron chi connectivity index (χ3n) is 3.81. The predicted octanol–water partition coefficient (Wildman–Crippen LogP) is 0.327. The fraction of sp³-hybridized carbons (Fsp3) is 0.833. The number of carboxylic acids is 1. The summed E-state index contributed by atoms with van der Waals surface area (Å²) in [6, 6.07) is 0. The summed E-state index contributed by atoms with van der Waals surface area (Å²) >= 11 is 0. The largest absolute Gasteiger partial charge is 0.481 e. The molecule has 1 heterocycles. The van der Waals surface area contributed by atoms with Crippen LogP contribution in [-0.2, 0) is 9.59 Å². The molecule has 96 valence electrons. The Morgan fingerprint density at radius 2 is 1.76 bits per heavy atom. The van der Waals surface area contributed by atoms with E-state index in [0.29, 0.717) is 25.9 Å². The highest BCUT2D eigenvalue weighted by Crippen LogP contribution is 2.38. The molecule has 0 aromatic rings. The first kappa shape index (κ1) is 12.4. The Bertz CT molecular complexity index is 344. The van der Waals surface area contributed by atoms with Gasteiger partial charge >= 0.3 is 5.97 Å². The molecule has 2 rings (SSSR count). The van der Waals surface area contributed by atoms with Crippen LogP contribution in [0.5, 0.6) is 0 Å². The van der Waals surface area contributed by atoms with E-state index in [9.17, 15) is 14.7 Å². The first-order chi connectivity index (χ1) is 7.80. The van der Waals surface area contributed by atoms with Gasteiger partial charge in [-0.25, -0.2) is 0 Å². The van der Waals surface area contributed by atoms with Gasteiger partial charge in [0.15, 0.2) is 0 Å². The summed E-state index contributed by atoms with van der Waals surface area (Å²) in [6.45, 7) is 4.31. The van der Waals surface area contributed by atoms with Crippen LogP contribution in [-0.4, -0.2) is 45.7 Å². The highest BCUT2D eigenvalue weighted by molar-refractivity contribution is 5.86. The van der Waals surface area contributed by atoms with E-state index in [-0.39, 0.29) is 11.8 Å². The Labute approximate surface area is 100 Å². The van der Waals surface area contributed by atoms with E-state index in [1.165, 1.54) is 0 Å². The Hall–Kier alpha value is -1.10. The first-order valence-corrected chi connectivity index (χ1v) is 6.04. The van der Waals surface area contributed by atoms with E-state index in [2.05, 4.69) is 0 Å². The molecular weight excluding hydrogens is 222 g/mol. The van der Waals surface area contributed by atoms with Gasteiger partial charge in [-0.15, -0.1) is 0 Å². The molecule has 1 aliphatic heterocycles. The summed E-state index contributed by atoms with van der Waals surface area (Å²) in [4.78, 5) is 24.8. The van der Waals surface area contributed by atoms with Gasteiger partial charge in [-0.2, -0.15) is 0 Å².